The van der Waals surface area contributed by atoms with Gasteiger partial charge in [-0.3, -0.25) is 15.2 Å². The second kappa shape index (κ2) is 10.8. The van der Waals surface area contributed by atoms with Gasteiger partial charge < -0.3 is 10.1 Å². The molecule has 7 nitrogen and oxygen atoms in total. The number of carbonyl (C=O) groups excluding carboxylic acids is 1. The topological polar surface area (TPSA) is 91.4 Å². The molecule has 1 aromatic heterocycles. The van der Waals surface area contributed by atoms with Gasteiger partial charge in [0.2, 0.25) is 5.96 Å². The van der Waals surface area contributed by atoms with E-state index < -0.39 is 11.7 Å². The van der Waals surface area contributed by atoms with Gasteiger partial charge in [-0.05, 0) is 61.9 Å². The summed E-state index contributed by atoms with van der Waals surface area (Å²) in [5.41, 5.74) is 1.45. The lowest BCUT2D eigenvalue weighted by Crippen LogP contribution is -2.37. The minimum absolute atomic E-state index is 0.0771. The highest BCUT2D eigenvalue weighted by atomic mass is 35.5. The van der Waals surface area contributed by atoms with Crippen LogP contribution in [0.25, 0.3) is 11.3 Å². The van der Waals surface area contributed by atoms with E-state index >= 15 is 0 Å². The average molecular weight is 462 g/mol. The number of halogens is 3. The molecule has 3 rings (SSSR count). The number of benzene rings is 2. The van der Waals surface area contributed by atoms with E-state index in [9.17, 15) is 13.6 Å². The Hall–Kier alpha value is -3.30. The predicted octanol–water partition coefficient (Wildman–Crippen LogP) is 4.63. The number of aromatic nitrogens is 2. The largest absolute Gasteiger partial charge is 0.377 e. The maximum Gasteiger partial charge on any atom is 0.258 e. The summed E-state index contributed by atoms with van der Waals surface area (Å²) in [7, 11) is 0. The summed E-state index contributed by atoms with van der Waals surface area (Å²) in [6.45, 7) is 4.51. The van der Waals surface area contributed by atoms with Crippen LogP contribution in [-0.4, -0.2) is 41.3 Å². The van der Waals surface area contributed by atoms with Crippen LogP contribution in [0.3, 0.4) is 0 Å². The number of carbonyl (C=O) groups is 1. The second-order valence-electron chi connectivity index (χ2n) is 6.84. The van der Waals surface area contributed by atoms with Gasteiger partial charge in [-0.15, -0.1) is 0 Å². The quantitative estimate of drug-likeness (QED) is 0.353. The van der Waals surface area contributed by atoms with Gasteiger partial charge in [0.15, 0.2) is 5.82 Å². The van der Waals surface area contributed by atoms with E-state index in [0.717, 1.165) is 11.6 Å². The Morgan fingerprint density at radius 2 is 1.97 bits per heavy atom. The number of nitrogens with zero attached hydrogens (tertiary/aromatic N) is 2. The lowest BCUT2D eigenvalue weighted by molar-refractivity contribution is 0.0827. The normalized spacial score (nSPS) is 12.5. The van der Waals surface area contributed by atoms with Crippen molar-refractivity contribution >= 4 is 29.3 Å². The Kier molecular flexibility index (Phi) is 7.91. The highest BCUT2D eigenvalue weighted by Gasteiger charge is 2.14. The fourth-order valence-corrected chi connectivity index (χ4v) is 2.89. The molecule has 2 aromatic carbocycles. The Morgan fingerprint density at radius 3 is 2.66 bits per heavy atom. The van der Waals surface area contributed by atoms with Crippen molar-refractivity contribution in [2.45, 2.75) is 20.0 Å². The number of amides is 1. The van der Waals surface area contributed by atoms with Crippen LogP contribution >= 0.6 is 11.6 Å². The van der Waals surface area contributed by atoms with E-state index in [1.807, 2.05) is 13.8 Å². The van der Waals surface area contributed by atoms with E-state index in [2.05, 4.69) is 25.8 Å². The van der Waals surface area contributed by atoms with Gasteiger partial charge in [-0.1, -0.05) is 11.6 Å². The van der Waals surface area contributed by atoms with Gasteiger partial charge in [0, 0.05) is 18.2 Å². The van der Waals surface area contributed by atoms with Gasteiger partial charge in [-0.25, -0.2) is 13.8 Å². The fourth-order valence-electron chi connectivity index (χ4n) is 2.77. The Balaban J connectivity index is 1.78. The molecular formula is C22H22ClF2N5O2. The molecule has 3 aromatic rings. The van der Waals surface area contributed by atoms with Crippen LogP contribution in [0.4, 0.5) is 14.6 Å². The first kappa shape index (κ1) is 23.4. The Bertz CT molecular complexity index is 1100. The van der Waals surface area contributed by atoms with Crippen molar-refractivity contribution in [2.24, 2.45) is 4.99 Å². The monoisotopic (exact) mass is 461 g/mol. The van der Waals surface area contributed by atoms with Gasteiger partial charge in [0.1, 0.15) is 11.6 Å². The van der Waals surface area contributed by atoms with E-state index in [0.29, 0.717) is 18.1 Å². The highest BCUT2D eigenvalue weighted by Crippen LogP contribution is 2.20. The molecule has 1 amide bonds. The number of H-pyrrole nitrogens is 1. The number of hydrogen-bond donors (Lipinski definition) is 3. The molecule has 0 aliphatic carbocycles. The van der Waals surface area contributed by atoms with E-state index in [-0.39, 0.29) is 35.0 Å². The number of rotatable bonds is 7. The van der Waals surface area contributed by atoms with Crippen LogP contribution in [0.2, 0.25) is 5.02 Å². The van der Waals surface area contributed by atoms with Crippen molar-refractivity contribution in [3.05, 3.63) is 70.8 Å². The molecule has 168 valence electrons. The van der Waals surface area contributed by atoms with E-state index in [1.165, 1.54) is 24.3 Å². The van der Waals surface area contributed by atoms with E-state index in [1.54, 1.807) is 18.2 Å². The standard InChI is InChI=1S/C22H22ClF2N5O2/c1-3-32-13(2)12-26-22(28-21(31)15-6-9-17(23)18(25)10-15)27-20-11-19(29-30-20)14-4-7-16(24)8-5-14/h4-11,13H,3,12H2,1-2H3,(H3,26,27,28,29,30,31). The van der Waals surface area contributed by atoms with Crippen LogP contribution in [0.15, 0.2) is 53.5 Å². The van der Waals surface area contributed by atoms with Crippen LogP contribution in [-0.2, 0) is 4.74 Å². The third kappa shape index (κ3) is 6.35. The van der Waals surface area contributed by atoms with Gasteiger partial charge in [0.25, 0.3) is 5.91 Å². The van der Waals surface area contributed by atoms with Crippen molar-refractivity contribution in [1.82, 2.24) is 15.5 Å². The molecule has 0 aliphatic rings. The third-order valence-electron chi connectivity index (χ3n) is 4.35. The third-order valence-corrected chi connectivity index (χ3v) is 4.66. The molecule has 0 saturated carbocycles. The van der Waals surface area contributed by atoms with Gasteiger partial charge in [-0.2, -0.15) is 5.10 Å². The van der Waals surface area contributed by atoms with Crippen molar-refractivity contribution in [3.63, 3.8) is 0 Å². The summed E-state index contributed by atoms with van der Waals surface area (Å²) >= 11 is 5.68. The molecule has 0 spiro atoms. The molecular weight excluding hydrogens is 440 g/mol. The smallest absolute Gasteiger partial charge is 0.258 e. The second-order valence-corrected chi connectivity index (χ2v) is 7.24. The zero-order valence-corrected chi connectivity index (χ0v) is 18.2. The molecule has 0 saturated heterocycles. The van der Waals surface area contributed by atoms with Crippen molar-refractivity contribution in [2.75, 3.05) is 18.5 Å². The number of anilines is 1. The SMILES string of the molecule is CCOC(C)CN=C(NC(=O)c1ccc(Cl)c(F)c1)Nc1cc(-c2ccc(F)cc2)[nH]n1. The predicted molar refractivity (Wildman–Crippen MR) is 120 cm³/mol. The molecule has 0 bridgehead atoms. The van der Waals surface area contributed by atoms with E-state index in [4.69, 9.17) is 16.3 Å². The molecule has 10 heteroatoms. The lowest BCUT2D eigenvalue weighted by atomic mass is 10.1. The summed E-state index contributed by atoms with van der Waals surface area (Å²) in [6.07, 6.45) is -0.185. The first-order valence-electron chi connectivity index (χ1n) is 9.86. The maximum atomic E-state index is 13.7. The first-order chi connectivity index (χ1) is 15.4. The van der Waals surface area contributed by atoms with Gasteiger partial charge >= 0.3 is 0 Å². The number of aromatic amines is 1. The van der Waals surface area contributed by atoms with Crippen molar-refractivity contribution in [3.8, 4) is 11.3 Å². The Morgan fingerprint density at radius 1 is 1.22 bits per heavy atom. The highest BCUT2D eigenvalue weighted by molar-refractivity contribution is 6.30. The average Bonchev–Trinajstić information content (AvgIpc) is 3.23. The number of ether oxygens (including phenoxy) is 1. The summed E-state index contributed by atoms with van der Waals surface area (Å²) in [4.78, 5) is 17.0. The molecule has 3 N–H and O–H groups in total. The summed E-state index contributed by atoms with van der Waals surface area (Å²) in [5.74, 6) is -1.15. The van der Waals surface area contributed by atoms with Gasteiger partial charge in [0.05, 0.1) is 23.4 Å². The molecule has 1 heterocycles. The van der Waals surface area contributed by atoms with Crippen LogP contribution < -0.4 is 10.6 Å². The summed E-state index contributed by atoms with van der Waals surface area (Å²) in [6, 6.07) is 11.3. The van der Waals surface area contributed by atoms with Crippen molar-refractivity contribution < 1.29 is 18.3 Å². The summed E-state index contributed by atoms with van der Waals surface area (Å²) < 4.78 is 32.4. The van der Waals surface area contributed by atoms with Crippen LogP contribution in [0.1, 0.15) is 24.2 Å². The Labute approximate surface area is 188 Å². The zero-order chi connectivity index (χ0) is 23.1. The zero-order valence-electron chi connectivity index (χ0n) is 17.5. The molecule has 1 unspecified atom stereocenters. The number of guanidine groups is 1. The molecule has 0 fully saturated rings. The van der Waals surface area contributed by atoms with Crippen LogP contribution in [0.5, 0.6) is 0 Å². The van der Waals surface area contributed by atoms with Crippen molar-refractivity contribution in [1.29, 1.82) is 0 Å². The maximum absolute atomic E-state index is 13.7. The molecule has 32 heavy (non-hydrogen) atoms. The number of hydrogen-bond acceptors (Lipinski definition) is 4. The number of nitrogens with one attached hydrogen (secondary N) is 3. The minimum atomic E-state index is -0.702. The molecule has 0 aliphatic heterocycles. The fraction of sp³-hybridized carbons (Fsp3) is 0.227. The molecule has 1 atom stereocenters. The van der Waals surface area contributed by atoms with Crippen LogP contribution in [0, 0.1) is 11.6 Å². The first-order valence-corrected chi connectivity index (χ1v) is 10.2. The lowest BCUT2D eigenvalue weighted by Gasteiger charge is -2.13. The summed E-state index contributed by atoms with van der Waals surface area (Å²) in [5, 5.41) is 12.5. The molecule has 0 radical (unpaired) electrons. The minimum Gasteiger partial charge on any atom is -0.377 e. The number of aliphatic imine (C=N–C) groups is 1.